The molecule has 0 saturated heterocycles. The molecule has 0 bridgehead atoms. The van der Waals surface area contributed by atoms with E-state index >= 15 is 0 Å². The number of nitrogens with one attached hydrogen (secondary N) is 1. The third-order valence-corrected chi connectivity index (χ3v) is 6.04. The van der Waals surface area contributed by atoms with Crippen LogP contribution in [0.5, 0.6) is 0 Å². The molecule has 3 aromatic heterocycles. The number of fused-ring (bicyclic) bond motifs is 2. The van der Waals surface area contributed by atoms with E-state index in [0.29, 0.717) is 23.9 Å². The van der Waals surface area contributed by atoms with Crippen LogP contribution in [0, 0.1) is 6.92 Å². The summed E-state index contributed by atoms with van der Waals surface area (Å²) in [5.41, 5.74) is 4.09. The Morgan fingerprint density at radius 3 is 2.74 bits per heavy atom. The minimum Gasteiger partial charge on any atom is -0.389 e. The van der Waals surface area contributed by atoms with Crippen molar-refractivity contribution in [3.63, 3.8) is 0 Å². The fourth-order valence-electron chi connectivity index (χ4n) is 4.17. The SMILES string of the molecule is Cc1nc(-c2ccc3nc(C(=O)NC[C@H](O)[C@@H](O)CN4CCc5ccccc5C4)cn3c2)no1. The number of amides is 1. The maximum atomic E-state index is 12.6. The summed E-state index contributed by atoms with van der Waals surface area (Å²) in [7, 11) is 0. The summed E-state index contributed by atoms with van der Waals surface area (Å²) in [4.78, 5) is 23.2. The molecule has 1 aromatic carbocycles. The molecule has 4 aromatic rings. The van der Waals surface area contributed by atoms with Crippen LogP contribution >= 0.6 is 0 Å². The maximum Gasteiger partial charge on any atom is 0.271 e. The van der Waals surface area contributed by atoms with Crippen LogP contribution in [0.15, 0.2) is 53.3 Å². The molecular weight excluding hydrogens is 436 g/mol. The number of aliphatic hydroxyl groups is 2. The van der Waals surface area contributed by atoms with Crippen molar-refractivity contribution in [2.24, 2.45) is 0 Å². The van der Waals surface area contributed by atoms with Crippen LogP contribution < -0.4 is 5.32 Å². The van der Waals surface area contributed by atoms with Crippen LogP contribution in [0.3, 0.4) is 0 Å². The molecule has 1 aliphatic heterocycles. The quantitative estimate of drug-likeness (QED) is 0.374. The van der Waals surface area contributed by atoms with Gasteiger partial charge in [-0.3, -0.25) is 9.69 Å². The van der Waals surface area contributed by atoms with E-state index in [2.05, 4.69) is 37.5 Å². The number of β-amino-alcohol motifs (C(OH)–C–C–N with tert-alkyl or cyclic N) is 1. The summed E-state index contributed by atoms with van der Waals surface area (Å²) in [5, 5.41) is 27.4. The van der Waals surface area contributed by atoms with Crippen molar-refractivity contribution in [3.05, 3.63) is 71.5 Å². The van der Waals surface area contributed by atoms with Gasteiger partial charge in [-0.2, -0.15) is 4.98 Å². The van der Waals surface area contributed by atoms with Gasteiger partial charge in [0.25, 0.3) is 5.91 Å². The van der Waals surface area contributed by atoms with Gasteiger partial charge in [0.05, 0.1) is 12.2 Å². The van der Waals surface area contributed by atoms with Gasteiger partial charge in [-0.1, -0.05) is 29.4 Å². The number of aryl methyl sites for hydroxylation is 1. The van der Waals surface area contributed by atoms with Crippen LogP contribution in [-0.4, -0.2) is 72.4 Å². The van der Waals surface area contributed by atoms with Gasteiger partial charge < -0.3 is 24.5 Å². The molecule has 10 heteroatoms. The van der Waals surface area contributed by atoms with Gasteiger partial charge in [0.2, 0.25) is 11.7 Å². The van der Waals surface area contributed by atoms with Crippen molar-refractivity contribution in [3.8, 4) is 11.4 Å². The van der Waals surface area contributed by atoms with Gasteiger partial charge in [0, 0.05) is 51.1 Å². The Balaban J connectivity index is 1.16. The molecule has 5 rings (SSSR count). The van der Waals surface area contributed by atoms with Gasteiger partial charge in [-0.15, -0.1) is 0 Å². The Labute approximate surface area is 195 Å². The van der Waals surface area contributed by atoms with Crippen LogP contribution in [-0.2, 0) is 13.0 Å². The molecule has 1 aliphatic rings. The molecule has 10 nitrogen and oxygen atoms in total. The van der Waals surface area contributed by atoms with E-state index in [-0.39, 0.29) is 12.2 Å². The molecule has 0 unspecified atom stereocenters. The third-order valence-electron chi connectivity index (χ3n) is 6.04. The fourth-order valence-corrected chi connectivity index (χ4v) is 4.17. The highest BCUT2D eigenvalue weighted by atomic mass is 16.5. The highest BCUT2D eigenvalue weighted by Crippen LogP contribution is 2.19. The summed E-state index contributed by atoms with van der Waals surface area (Å²) in [6, 6.07) is 11.8. The lowest BCUT2D eigenvalue weighted by molar-refractivity contribution is -0.00343. The molecule has 3 N–H and O–H groups in total. The first kappa shape index (κ1) is 22.2. The van der Waals surface area contributed by atoms with E-state index in [4.69, 9.17) is 4.52 Å². The number of hydrogen-bond donors (Lipinski definition) is 3. The van der Waals surface area contributed by atoms with Crippen LogP contribution in [0.25, 0.3) is 17.0 Å². The average molecular weight is 463 g/mol. The second-order valence-corrected chi connectivity index (χ2v) is 8.54. The molecule has 0 spiro atoms. The maximum absolute atomic E-state index is 12.6. The average Bonchev–Trinajstić information content (AvgIpc) is 3.48. The minimum absolute atomic E-state index is 0.0777. The van der Waals surface area contributed by atoms with Crippen molar-refractivity contribution in [1.82, 2.24) is 29.7 Å². The zero-order valence-corrected chi connectivity index (χ0v) is 18.8. The first-order valence-electron chi connectivity index (χ1n) is 11.2. The molecule has 34 heavy (non-hydrogen) atoms. The highest BCUT2D eigenvalue weighted by molar-refractivity contribution is 5.92. The van der Waals surface area contributed by atoms with Crippen LogP contribution in [0.4, 0.5) is 0 Å². The van der Waals surface area contributed by atoms with Crippen molar-refractivity contribution < 1.29 is 19.5 Å². The molecule has 0 aliphatic carbocycles. The Kier molecular flexibility index (Phi) is 6.10. The predicted molar refractivity (Wildman–Crippen MR) is 123 cm³/mol. The van der Waals surface area contributed by atoms with Gasteiger partial charge >= 0.3 is 0 Å². The number of hydrogen-bond acceptors (Lipinski definition) is 8. The summed E-state index contributed by atoms with van der Waals surface area (Å²) < 4.78 is 6.72. The monoisotopic (exact) mass is 462 g/mol. The number of nitrogens with zero attached hydrogens (tertiary/aromatic N) is 5. The molecule has 1 amide bonds. The number of imidazole rings is 1. The topological polar surface area (TPSA) is 129 Å². The summed E-state index contributed by atoms with van der Waals surface area (Å²) in [6.07, 6.45) is 2.20. The number of carbonyl (C=O) groups is 1. The first-order valence-corrected chi connectivity index (χ1v) is 11.2. The molecule has 2 atom stereocenters. The number of rotatable bonds is 7. The van der Waals surface area contributed by atoms with Crippen molar-refractivity contribution in [2.45, 2.75) is 32.1 Å². The van der Waals surface area contributed by atoms with Crippen LogP contribution in [0.1, 0.15) is 27.5 Å². The van der Waals surface area contributed by atoms with E-state index in [1.807, 2.05) is 12.1 Å². The van der Waals surface area contributed by atoms with E-state index in [0.717, 1.165) is 25.1 Å². The lowest BCUT2D eigenvalue weighted by atomic mass is 9.99. The Morgan fingerprint density at radius 2 is 1.94 bits per heavy atom. The highest BCUT2D eigenvalue weighted by Gasteiger charge is 2.24. The van der Waals surface area contributed by atoms with Gasteiger partial charge in [0.15, 0.2) is 0 Å². The minimum atomic E-state index is -1.09. The van der Waals surface area contributed by atoms with Gasteiger partial charge in [-0.05, 0) is 29.7 Å². The van der Waals surface area contributed by atoms with E-state index in [1.54, 1.807) is 35.9 Å². The molecule has 0 radical (unpaired) electrons. The summed E-state index contributed by atoms with van der Waals surface area (Å²) in [6.45, 7) is 3.52. The Bertz CT molecular complexity index is 1320. The first-order chi connectivity index (χ1) is 16.5. The van der Waals surface area contributed by atoms with Crippen LogP contribution in [0.2, 0.25) is 0 Å². The fraction of sp³-hybridized carbons (Fsp3) is 0.333. The predicted octanol–water partition coefficient (Wildman–Crippen LogP) is 1.20. The number of benzene rings is 1. The largest absolute Gasteiger partial charge is 0.389 e. The molecular formula is C24H26N6O4. The molecule has 0 saturated carbocycles. The standard InChI is InChI=1S/C24H26N6O4/c1-15-26-23(28-34-15)18-6-7-22-27-19(13-30(22)12-18)24(33)25-10-20(31)21(32)14-29-9-8-16-4-2-3-5-17(16)11-29/h2-7,12-13,20-21,31-32H,8-11,14H2,1H3,(H,25,33)/t20-,21-/m0/s1. The van der Waals surface area contributed by atoms with Crippen molar-refractivity contribution in [1.29, 1.82) is 0 Å². The molecule has 176 valence electrons. The third kappa shape index (κ3) is 4.69. The summed E-state index contributed by atoms with van der Waals surface area (Å²) in [5.74, 6) is 0.485. The Hall–Kier alpha value is -3.60. The van der Waals surface area contributed by atoms with E-state index in [9.17, 15) is 15.0 Å². The zero-order valence-electron chi connectivity index (χ0n) is 18.8. The Morgan fingerprint density at radius 1 is 1.12 bits per heavy atom. The van der Waals surface area contributed by atoms with Crippen molar-refractivity contribution >= 4 is 11.6 Å². The van der Waals surface area contributed by atoms with Gasteiger partial charge in [0.1, 0.15) is 11.3 Å². The number of carbonyl (C=O) groups excluding carboxylic acids is 1. The second kappa shape index (κ2) is 9.34. The number of pyridine rings is 1. The lowest BCUT2D eigenvalue weighted by Crippen LogP contribution is -2.45. The summed E-state index contributed by atoms with van der Waals surface area (Å²) >= 11 is 0. The number of aliphatic hydroxyl groups excluding tert-OH is 2. The second-order valence-electron chi connectivity index (χ2n) is 8.54. The molecule has 4 heterocycles. The zero-order chi connectivity index (χ0) is 23.7. The van der Waals surface area contributed by atoms with Gasteiger partial charge in [-0.25, -0.2) is 4.98 Å². The van der Waals surface area contributed by atoms with E-state index < -0.39 is 18.1 Å². The number of aromatic nitrogens is 4. The smallest absolute Gasteiger partial charge is 0.271 e. The lowest BCUT2D eigenvalue weighted by Gasteiger charge is -2.31. The molecule has 0 fully saturated rings. The van der Waals surface area contributed by atoms with E-state index in [1.165, 1.54) is 11.1 Å². The normalized spacial score (nSPS) is 15.7. The van der Waals surface area contributed by atoms with Crippen molar-refractivity contribution in [2.75, 3.05) is 19.6 Å².